The third kappa shape index (κ3) is 5.01. The van der Waals surface area contributed by atoms with Crippen molar-refractivity contribution in [2.24, 2.45) is 4.99 Å². The Balaban J connectivity index is 1.70. The Kier molecular flexibility index (Phi) is 5.71. The summed E-state index contributed by atoms with van der Waals surface area (Å²) in [7, 11) is 1.64. The van der Waals surface area contributed by atoms with Crippen molar-refractivity contribution in [1.82, 2.24) is 5.32 Å². The number of ether oxygens (including phenoxy) is 1. The van der Waals surface area contributed by atoms with E-state index in [0.717, 1.165) is 16.9 Å². The van der Waals surface area contributed by atoms with E-state index in [0.29, 0.717) is 16.6 Å². The first kappa shape index (κ1) is 19.2. The van der Waals surface area contributed by atoms with Gasteiger partial charge in [-0.05, 0) is 52.1 Å². The van der Waals surface area contributed by atoms with Gasteiger partial charge < -0.3 is 10.1 Å². The van der Waals surface area contributed by atoms with Gasteiger partial charge in [0.2, 0.25) is 0 Å². The summed E-state index contributed by atoms with van der Waals surface area (Å²) in [6.07, 6.45) is 1.90. The zero-order valence-electron chi connectivity index (χ0n) is 16.1. The number of nitrogens with zero attached hydrogens (tertiary/aromatic N) is 1. The molecule has 1 N–H and O–H groups in total. The maximum Gasteiger partial charge on any atom is 0.264 e. The summed E-state index contributed by atoms with van der Waals surface area (Å²) in [6.45, 7) is 7.05. The fraction of sp³-hybridized carbons (Fsp3) is 0.273. The molecule has 0 aromatic heterocycles. The van der Waals surface area contributed by atoms with Crippen LogP contribution in [-0.2, 0) is 16.8 Å². The summed E-state index contributed by atoms with van der Waals surface area (Å²) in [6, 6.07) is 16.1. The van der Waals surface area contributed by atoms with E-state index in [9.17, 15) is 4.79 Å². The minimum atomic E-state index is -0.107. The summed E-state index contributed by atoms with van der Waals surface area (Å²) in [5, 5.41) is 3.46. The number of carbonyl (C=O) groups excluding carboxylic acids is 1. The lowest BCUT2D eigenvalue weighted by atomic mass is 9.87. The molecule has 5 heteroatoms. The second-order valence-electron chi connectivity index (χ2n) is 7.41. The van der Waals surface area contributed by atoms with Crippen LogP contribution < -0.4 is 10.1 Å². The number of carbonyl (C=O) groups is 1. The van der Waals surface area contributed by atoms with Crippen molar-refractivity contribution in [3.63, 3.8) is 0 Å². The van der Waals surface area contributed by atoms with E-state index in [1.54, 1.807) is 7.11 Å². The van der Waals surface area contributed by atoms with Gasteiger partial charge in [0, 0.05) is 0 Å². The Morgan fingerprint density at radius 3 is 2.56 bits per heavy atom. The van der Waals surface area contributed by atoms with E-state index in [4.69, 9.17) is 4.74 Å². The Morgan fingerprint density at radius 1 is 1.15 bits per heavy atom. The first-order valence-corrected chi connectivity index (χ1v) is 9.65. The minimum Gasteiger partial charge on any atom is -0.497 e. The third-order valence-corrected chi connectivity index (χ3v) is 5.21. The van der Waals surface area contributed by atoms with E-state index < -0.39 is 0 Å². The number of amidine groups is 1. The largest absolute Gasteiger partial charge is 0.497 e. The molecule has 1 amide bonds. The Hall–Kier alpha value is -2.53. The molecule has 1 aliphatic heterocycles. The number of hydrogen-bond acceptors (Lipinski definition) is 4. The van der Waals surface area contributed by atoms with Crippen LogP contribution in [0.1, 0.15) is 37.5 Å². The van der Waals surface area contributed by atoms with Gasteiger partial charge in [-0.2, -0.15) is 0 Å². The molecule has 1 heterocycles. The highest BCUT2D eigenvalue weighted by Gasteiger charge is 2.23. The lowest BCUT2D eigenvalue weighted by molar-refractivity contribution is -0.115. The van der Waals surface area contributed by atoms with Crippen molar-refractivity contribution in [1.29, 1.82) is 0 Å². The number of aliphatic imine (C=N–C) groups is 1. The lowest BCUT2D eigenvalue weighted by Crippen LogP contribution is -2.19. The molecule has 1 fully saturated rings. The quantitative estimate of drug-likeness (QED) is 0.779. The molecule has 1 saturated heterocycles. The van der Waals surface area contributed by atoms with E-state index in [1.807, 2.05) is 42.5 Å². The number of thioether (sulfide) groups is 1. The number of rotatable bonds is 4. The van der Waals surface area contributed by atoms with E-state index >= 15 is 0 Å². The normalized spacial score (nSPS) is 17.4. The second kappa shape index (κ2) is 8.01. The van der Waals surface area contributed by atoms with Crippen LogP contribution in [-0.4, -0.2) is 18.2 Å². The first-order valence-electron chi connectivity index (χ1n) is 8.84. The molecule has 140 valence electrons. The maximum atomic E-state index is 12.2. The summed E-state index contributed by atoms with van der Waals surface area (Å²) in [5.74, 6) is 0.694. The van der Waals surface area contributed by atoms with E-state index in [2.05, 4.69) is 43.2 Å². The Labute approximate surface area is 164 Å². The molecule has 0 bridgehead atoms. The molecule has 0 saturated carbocycles. The van der Waals surface area contributed by atoms with E-state index in [-0.39, 0.29) is 11.3 Å². The number of benzene rings is 2. The molecule has 0 aliphatic carbocycles. The molecule has 2 aromatic rings. The SMILES string of the molecule is COc1cccc(CN=C2NC(=O)/C(=C/c3ccc(C(C)(C)C)cc3)S2)c1. The molecule has 0 unspecified atom stereocenters. The predicted octanol–water partition coefficient (Wildman–Crippen LogP) is 4.75. The van der Waals surface area contributed by atoms with Crippen LogP contribution in [0.15, 0.2) is 58.4 Å². The number of methoxy groups -OCH3 is 1. The average molecular weight is 381 g/mol. The predicted molar refractivity (Wildman–Crippen MR) is 113 cm³/mol. The van der Waals surface area contributed by atoms with Crippen molar-refractivity contribution in [3.8, 4) is 5.75 Å². The number of nitrogens with one attached hydrogen (secondary N) is 1. The molecular weight excluding hydrogens is 356 g/mol. The Morgan fingerprint density at radius 2 is 1.89 bits per heavy atom. The van der Waals surface area contributed by atoms with Gasteiger partial charge in [-0.25, -0.2) is 0 Å². The number of hydrogen-bond donors (Lipinski definition) is 1. The second-order valence-corrected chi connectivity index (χ2v) is 8.44. The maximum absolute atomic E-state index is 12.2. The van der Waals surface area contributed by atoms with Gasteiger partial charge in [0.15, 0.2) is 5.17 Å². The van der Waals surface area contributed by atoms with Gasteiger partial charge in [0.25, 0.3) is 5.91 Å². The fourth-order valence-electron chi connectivity index (χ4n) is 2.67. The van der Waals surface area contributed by atoms with Crippen molar-refractivity contribution >= 4 is 28.9 Å². The van der Waals surface area contributed by atoms with Crippen molar-refractivity contribution in [2.75, 3.05) is 7.11 Å². The lowest BCUT2D eigenvalue weighted by Gasteiger charge is -2.18. The standard InChI is InChI=1S/C22H24N2O2S/c1-22(2,3)17-10-8-15(9-11-17)13-19-20(25)24-21(27-19)23-14-16-6-5-7-18(12-16)26-4/h5-13H,14H2,1-4H3,(H,23,24,25)/b19-13-. The van der Waals surface area contributed by atoms with Gasteiger partial charge in [0.05, 0.1) is 18.6 Å². The van der Waals surface area contributed by atoms with Crippen molar-refractivity contribution in [3.05, 3.63) is 70.1 Å². The van der Waals surface area contributed by atoms with Gasteiger partial charge in [0.1, 0.15) is 5.75 Å². The molecular formula is C22H24N2O2S. The summed E-state index contributed by atoms with van der Waals surface area (Å²) in [4.78, 5) is 17.4. The average Bonchev–Trinajstić information content (AvgIpc) is 2.99. The smallest absolute Gasteiger partial charge is 0.264 e. The van der Waals surface area contributed by atoms with Crippen LogP contribution in [0.3, 0.4) is 0 Å². The molecule has 2 aromatic carbocycles. The number of amides is 1. The van der Waals surface area contributed by atoms with Crippen LogP contribution in [0.4, 0.5) is 0 Å². The highest BCUT2D eigenvalue weighted by Crippen LogP contribution is 2.28. The van der Waals surface area contributed by atoms with Crippen molar-refractivity contribution < 1.29 is 9.53 Å². The topological polar surface area (TPSA) is 50.7 Å². The summed E-state index contributed by atoms with van der Waals surface area (Å²) >= 11 is 1.37. The molecule has 0 spiro atoms. The highest BCUT2D eigenvalue weighted by atomic mass is 32.2. The van der Waals surface area contributed by atoms with Crippen LogP contribution in [0, 0.1) is 0 Å². The van der Waals surface area contributed by atoms with Crippen LogP contribution in [0.2, 0.25) is 0 Å². The van der Waals surface area contributed by atoms with Gasteiger partial charge in [-0.3, -0.25) is 9.79 Å². The molecule has 1 aliphatic rings. The van der Waals surface area contributed by atoms with Gasteiger partial charge in [-0.15, -0.1) is 0 Å². The first-order chi connectivity index (χ1) is 12.8. The van der Waals surface area contributed by atoms with Crippen LogP contribution in [0.25, 0.3) is 6.08 Å². The molecule has 0 atom stereocenters. The molecule has 0 radical (unpaired) electrons. The zero-order chi connectivity index (χ0) is 19.4. The third-order valence-electron chi connectivity index (χ3n) is 4.26. The van der Waals surface area contributed by atoms with Crippen LogP contribution >= 0.6 is 11.8 Å². The zero-order valence-corrected chi connectivity index (χ0v) is 16.9. The van der Waals surface area contributed by atoms with Crippen LogP contribution in [0.5, 0.6) is 5.75 Å². The molecule has 3 rings (SSSR count). The highest BCUT2D eigenvalue weighted by molar-refractivity contribution is 8.18. The monoisotopic (exact) mass is 380 g/mol. The summed E-state index contributed by atoms with van der Waals surface area (Å²) < 4.78 is 5.22. The molecule has 4 nitrogen and oxygen atoms in total. The van der Waals surface area contributed by atoms with E-state index in [1.165, 1.54) is 17.3 Å². The van der Waals surface area contributed by atoms with Gasteiger partial charge in [-0.1, -0.05) is 57.2 Å². The summed E-state index contributed by atoms with van der Waals surface area (Å²) in [5.41, 5.74) is 3.43. The minimum absolute atomic E-state index is 0.107. The van der Waals surface area contributed by atoms with Gasteiger partial charge >= 0.3 is 0 Å². The van der Waals surface area contributed by atoms with Crippen molar-refractivity contribution in [2.45, 2.75) is 32.7 Å². The Bertz CT molecular complexity index is 893. The molecule has 27 heavy (non-hydrogen) atoms. The fourth-order valence-corrected chi connectivity index (χ4v) is 3.49.